The highest BCUT2D eigenvalue weighted by Crippen LogP contribution is 2.05. The molecule has 4 heteroatoms. The summed E-state index contributed by atoms with van der Waals surface area (Å²) < 4.78 is 0. The molecule has 0 aromatic carbocycles. The summed E-state index contributed by atoms with van der Waals surface area (Å²) in [5.74, 6) is 0. The summed E-state index contributed by atoms with van der Waals surface area (Å²) in [7, 11) is 0. The molecular weight excluding hydrogens is 206 g/mol. The highest BCUT2D eigenvalue weighted by molar-refractivity contribution is 7.07. The van der Waals surface area contributed by atoms with E-state index in [2.05, 4.69) is 29.5 Å². The van der Waals surface area contributed by atoms with Crippen molar-refractivity contribution in [3.05, 3.63) is 16.6 Å². The van der Waals surface area contributed by atoms with E-state index in [9.17, 15) is 0 Å². The van der Waals surface area contributed by atoms with Crippen LogP contribution in [0.15, 0.2) is 10.9 Å². The molecule has 0 spiro atoms. The van der Waals surface area contributed by atoms with E-state index >= 15 is 0 Å². The molecule has 1 aromatic rings. The molecule has 0 aliphatic heterocycles. The summed E-state index contributed by atoms with van der Waals surface area (Å²) in [5.41, 5.74) is 8.93. The van der Waals surface area contributed by atoms with Gasteiger partial charge < -0.3 is 11.1 Å². The summed E-state index contributed by atoms with van der Waals surface area (Å²) in [4.78, 5) is 4.23. The minimum atomic E-state index is -0.0312. The van der Waals surface area contributed by atoms with Crippen LogP contribution in [0.2, 0.25) is 0 Å². The first kappa shape index (κ1) is 12.6. The Balaban J connectivity index is 1.94. The van der Waals surface area contributed by atoms with Gasteiger partial charge in [0.25, 0.3) is 0 Å². The van der Waals surface area contributed by atoms with Crippen LogP contribution in [0.5, 0.6) is 0 Å². The molecular formula is C11H21N3S. The van der Waals surface area contributed by atoms with Crippen LogP contribution in [0.4, 0.5) is 0 Å². The molecule has 3 nitrogen and oxygen atoms in total. The van der Waals surface area contributed by atoms with Crippen LogP contribution in [0.1, 0.15) is 32.4 Å². The summed E-state index contributed by atoms with van der Waals surface area (Å²) >= 11 is 1.66. The van der Waals surface area contributed by atoms with E-state index in [1.165, 1.54) is 5.69 Å². The Kier molecular flexibility index (Phi) is 5.22. The zero-order valence-corrected chi connectivity index (χ0v) is 10.4. The topological polar surface area (TPSA) is 50.9 Å². The lowest BCUT2D eigenvalue weighted by atomic mass is 10.0. The van der Waals surface area contributed by atoms with E-state index in [1.54, 1.807) is 11.3 Å². The summed E-state index contributed by atoms with van der Waals surface area (Å²) in [5, 5.41) is 5.51. The highest BCUT2D eigenvalue weighted by atomic mass is 32.1. The van der Waals surface area contributed by atoms with Crippen molar-refractivity contribution >= 4 is 11.3 Å². The standard InChI is InChI=1S/C11H21N3S/c1-11(2,12)5-3-6-13-7-4-10-8-15-9-14-10/h8-9,13H,3-7,12H2,1-2H3. The van der Waals surface area contributed by atoms with Crippen molar-refractivity contribution in [3.63, 3.8) is 0 Å². The Bertz CT molecular complexity index is 251. The molecule has 0 amide bonds. The summed E-state index contributed by atoms with van der Waals surface area (Å²) in [6.45, 7) is 6.20. The van der Waals surface area contributed by atoms with Crippen molar-refractivity contribution in [1.82, 2.24) is 10.3 Å². The third-order valence-electron chi connectivity index (χ3n) is 2.22. The Morgan fingerprint density at radius 3 is 2.87 bits per heavy atom. The fraction of sp³-hybridized carbons (Fsp3) is 0.727. The molecule has 0 radical (unpaired) electrons. The lowest BCUT2D eigenvalue weighted by molar-refractivity contribution is 0.449. The molecule has 0 aliphatic carbocycles. The van der Waals surface area contributed by atoms with Crippen molar-refractivity contribution < 1.29 is 0 Å². The number of rotatable bonds is 7. The van der Waals surface area contributed by atoms with Gasteiger partial charge >= 0.3 is 0 Å². The zero-order valence-electron chi connectivity index (χ0n) is 9.62. The number of nitrogens with one attached hydrogen (secondary N) is 1. The van der Waals surface area contributed by atoms with Gasteiger partial charge in [-0.05, 0) is 33.2 Å². The normalized spacial score (nSPS) is 11.9. The molecule has 0 saturated carbocycles. The van der Waals surface area contributed by atoms with Gasteiger partial charge in [0.15, 0.2) is 0 Å². The molecule has 1 heterocycles. The van der Waals surface area contributed by atoms with Gasteiger partial charge in [-0.25, -0.2) is 4.98 Å². The maximum atomic E-state index is 5.89. The monoisotopic (exact) mass is 227 g/mol. The van der Waals surface area contributed by atoms with Crippen LogP contribution in [0.25, 0.3) is 0 Å². The van der Waals surface area contributed by atoms with Gasteiger partial charge in [0.05, 0.1) is 11.2 Å². The van der Waals surface area contributed by atoms with Gasteiger partial charge in [0.2, 0.25) is 0 Å². The molecule has 1 rings (SSSR count). The number of hydrogen-bond donors (Lipinski definition) is 2. The second-order valence-electron chi connectivity index (χ2n) is 4.57. The predicted octanol–water partition coefficient (Wildman–Crippen LogP) is 1.79. The van der Waals surface area contributed by atoms with E-state index < -0.39 is 0 Å². The lowest BCUT2D eigenvalue weighted by Crippen LogP contribution is -2.33. The van der Waals surface area contributed by atoms with Crippen molar-refractivity contribution in [2.75, 3.05) is 13.1 Å². The summed E-state index contributed by atoms with van der Waals surface area (Å²) in [6, 6.07) is 0. The van der Waals surface area contributed by atoms with Crippen molar-refractivity contribution in [2.45, 2.75) is 38.6 Å². The van der Waals surface area contributed by atoms with Gasteiger partial charge in [-0.15, -0.1) is 11.3 Å². The Morgan fingerprint density at radius 2 is 2.27 bits per heavy atom. The molecule has 0 atom stereocenters. The zero-order chi connectivity index (χ0) is 11.1. The first-order chi connectivity index (χ1) is 7.08. The number of hydrogen-bond acceptors (Lipinski definition) is 4. The van der Waals surface area contributed by atoms with E-state index in [1.807, 2.05) is 5.51 Å². The Labute approximate surface area is 96.1 Å². The van der Waals surface area contributed by atoms with Gasteiger partial charge in [-0.1, -0.05) is 0 Å². The average molecular weight is 227 g/mol. The number of nitrogens with two attached hydrogens (primary N) is 1. The first-order valence-corrected chi connectivity index (χ1v) is 6.39. The fourth-order valence-corrected chi connectivity index (χ4v) is 1.96. The Hall–Kier alpha value is -0.450. The first-order valence-electron chi connectivity index (χ1n) is 5.44. The number of thiazole rings is 1. The van der Waals surface area contributed by atoms with E-state index in [0.29, 0.717) is 0 Å². The van der Waals surface area contributed by atoms with Gasteiger partial charge in [0.1, 0.15) is 0 Å². The molecule has 3 N–H and O–H groups in total. The maximum absolute atomic E-state index is 5.89. The maximum Gasteiger partial charge on any atom is 0.0794 e. The SMILES string of the molecule is CC(C)(N)CCCNCCc1cscn1. The van der Waals surface area contributed by atoms with Crippen LogP contribution in [-0.4, -0.2) is 23.6 Å². The predicted molar refractivity (Wildman–Crippen MR) is 66.2 cm³/mol. The average Bonchev–Trinajstić information content (AvgIpc) is 2.61. The molecule has 0 saturated heterocycles. The highest BCUT2D eigenvalue weighted by Gasteiger charge is 2.08. The molecule has 0 aliphatic rings. The quantitative estimate of drug-likeness (QED) is 0.698. The fourth-order valence-electron chi connectivity index (χ4n) is 1.37. The number of aromatic nitrogens is 1. The third kappa shape index (κ3) is 6.60. The molecule has 0 fully saturated rings. The van der Waals surface area contributed by atoms with Crippen LogP contribution in [0.3, 0.4) is 0 Å². The van der Waals surface area contributed by atoms with E-state index in [0.717, 1.165) is 32.4 Å². The largest absolute Gasteiger partial charge is 0.326 e. The van der Waals surface area contributed by atoms with Crippen LogP contribution in [-0.2, 0) is 6.42 Å². The van der Waals surface area contributed by atoms with Crippen molar-refractivity contribution in [3.8, 4) is 0 Å². The lowest BCUT2D eigenvalue weighted by Gasteiger charge is -2.17. The molecule has 0 bridgehead atoms. The van der Waals surface area contributed by atoms with E-state index in [4.69, 9.17) is 5.73 Å². The van der Waals surface area contributed by atoms with Gasteiger partial charge in [0, 0.05) is 23.9 Å². The minimum absolute atomic E-state index is 0.0312. The third-order valence-corrected chi connectivity index (χ3v) is 2.85. The summed E-state index contributed by atoms with van der Waals surface area (Å²) in [6.07, 6.45) is 3.23. The molecule has 15 heavy (non-hydrogen) atoms. The van der Waals surface area contributed by atoms with Crippen LogP contribution < -0.4 is 11.1 Å². The number of nitrogens with zero attached hydrogens (tertiary/aromatic N) is 1. The van der Waals surface area contributed by atoms with Gasteiger partial charge in [-0.3, -0.25) is 0 Å². The van der Waals surface area contributed by atoms with Crippen LogP contribution >= 0.6 is 11.3 Å². The van der Waals surface area contributed by atoms with Crippen LogP contribution in [0, 0.1) is 0 Å². The molecule has 0 unspecified atom stereocenters. The second-order valence-corrected chi connectivity index (χ2v) is 5.29. The Morgan fingerprint density at radius 1 is 1.47 bits per heavy atom. The molecule has 1 aromatic heterocycles. The van der Waals surface area contributed by atoms with E-state index in [-0.39, 0.29) is 5.54 Å². The minimum Gasteiger partial charge on any atom is -0.326 e. The second kappa shape index (κ2) is 6.20. The smallest absolute Gasteiger partial charge is 0.0794 e. The molecule has 86 valence electrons. The van der Waals surface area contributed by atoms with Gasteiger partial charge in [-0.2, -0.15) is 0 Å². The van der Waals surface area contributed by atoms with Crippen molar-refractivity contribution in [1.29, 1.82) is 0 Å². The van der Waals surface area contributed by atoms with Crippen molar-refractivity contribution in [2.24, 2.45) is 5.73 Å².